The van der Waals surface area contributed by atoms with E-state index < -0.39 is 0 Å². The molecule has 1 saturated heterocycles. The number of ether oxygens (including phenoxy) is 1. The molecule has 0 aromatic heterocycles. The summed E-state index contributed by atoms with van der Waals surface area (Å²) in [5.41, 5.74) is 3.18. The molecule has 0 aliphatic carbocycles. The largest absolute Gasteiger partial charge is 0.497 e. The van der Waals surface area contributed by atoms with E-state index in [1.165, 1.54) is 43.5 Å². The Bertz CT molecular complexity index is 645. The molecular weight excluding hydrogens is 330 g/mol. The Morgan fingerprint density at radius 3 is 2.60 bits per heavy atom. The van der Waals surface area contributed by atoms with E-state index in [2.05, 4.69) is 60.4 Å². The van der Waals surface area contributed by atoms with Crippen LogP contribution in [-0.2, 0) is 11.8 Å². The first-order valence-electron chi connectivity index (χ1n) is 9.16. The second kappa shape index (κ2) is 9.26. The summed E-state index contributed by atoms with van der Waals surface area (Å²) in [6, 6.07) is 19.6. The first-order chi connectivity index (χ1) is 11.8. The molecule has 1 fully saturated rings. The Hall–Kier alpha value is -1.51. The predicted molar refractivity (Wildman–Crippen MR) is 108 cm³/mol. The van der Waals surface area contributed by atoms with E-state index >= 15 is 0 Å². The molecular formula is C22H30ClNO. The van der Waals surface area contributed by atoms with Gasteiger partial charge in [0.05, 0.1) is 7.11 Å². The summed E-state index contributed by atoms with van der Waals surface area (Å²) in [5.74, 6) is 0.978. The van der Waals surface area contributed by atoms with Crippen molar-refractivity contribution in [2.75, 3.05) is 26.7 Å². The maximum Gasteiger partial charge on any atom is 0.119 e. The van der Waals surface area contributed by atoms with Crippen LogP contribution in [0.5, 0.6) is 5.75 Å². The normalized spacial score (nSPS) is 20.2. The maximum absolute atomic E-state index is 5.46. The number of benzene rings is 2. The third-order valence-electron chi connectivity index (χ3n) is 5.40. The summed E-state index contributed by atoms with van der Waals surface area (Å²) in [6.07, 6.45) is 4.87. The van der Waals surface area contributed by atoms with Crippen molar-refractivity contribution in [3.8, 4) is 5.75 Å². The van der Waals surface area contributed by atoms with Crippen molar-refractivity contribution in [1.29, 1.82) is 0 Å². The van der Waals surface area contributed by atoms with Gasteiger partial charge in [-0.25, -0.2) is 0 Å². The summed E-state index contributed by atoms with van der Waals surface area (Å²) < 4.78 is 5.46. The molecule has 2 aromatic rings. The smallest absolute Gasteiger partial charge is 0.119 e. The minimum absolute atomic E-state index is 0. The van der Waals surface area contributed by atoms with Gasteiger partial charge in [-0.2, -0.15) is 0 Å². The fraction of sp³-hybridized carbons (Fsp3) is 0.455. The Morgan fingerprint density at radius 1 is 1.08 bits per heavy atom. The van der Waals surface area contributed by atoms with Gasteiger partial charge >= 0.3 is 0 Å². The average molecular weight is 360 g/mol. The van der Waals surface area contributed by atoms with Gasteiger partial charge in [-0.1, -0.05) is 55.8 Å². The first-order valence-corrected chi connectivity index (χ1v) is 9.16. The number of nitrogens with zero attached hydrogens (tertiary/aromatic N) is 1. The zero-order valence-electron chi connectivity index (χ0n) is 15.4. The van der Waals surface area contributed by atoms with Crippen molar-refractivity contribution in [2.45, 2.75) is 38.0 Å². The van der Waals surface area contributed by atoms with Crippen LogP contribution in [0, 0.1) is 0 Å². The molecule has 1 atom stereocenters. The molecule has 2 nitrogen and oxygen atoms in total. The average Bonchev–Trinajstić information content (AvgIpc) is 3.06. The Balaban J connectivity index is 0.00000225. The highest BCUT2D eigenvalue weighted by Gasteiger charge is 2.38. The predicted octanol–water partition coefficient (Wildman–Crippen LogP) is 5.10. The van der Waals surface area contributed by atoms with Crippen LogP contribution < -0.4 is 4.74 Å². The lowest BCUT2D eigenvalue weighted by Crippen LogP contribution is -2.32. The highest BCUT2D eigenvalue weighted by atomic mass is 35.5. The quantitative estimate of drug-likeness (QED) is 0.681. The van der Waals surface area contributed by atoms with E-state index in [1.54, 1.807) is 7.11 Å². The fourth-order valence-electron chi connectivity index (χ4n) is 4.10. The van der Waals surface area contributed by atoms with Crippen LogP contribution in [0.3, 0.4) is 0 Å². The monoisotopic (exact) mass is 359 g/mol. The summed E-state index contributed by atoms with van der Waals surface area (Å²) in [4.78, 5) is 2.64. The minimum atomic E-state index is 0. The SMILES string of the molecule is CCCC1(c2cccc(OC)c2)CCN(CCc2ccccc2)C1.Cl. The summed E-state index contributed by atoms with van der Waals surface area (Å²) in [6.45, 7) is 5.82. The molecule has 25 heavy (non-hydrogen) atoms. The number of hydrogen-bond donors (Lipinski definition) is 0. The molecule has 2 aromatic carbocycles. The van der Waals surface area contributed by atoms with Crippen molar-refractivity contribution in [3.63, 3.8) is 0 Å². The lowest BCUT2D eigenvalue weighted by atomic mass is 9.76. The van der Waals surface area contributed by atoms with Crippen LogP contribution in [0.25, 0.3) is 0 Å². The van der Waals surface area contributed by atoms with Gasteiger partial charge in [0, 0.05) is 18.5 Å². The molecule has 3 heteroatoms. The topological polar surface area (TPSA) is 12.5 Å². The van der Waals surface area contributed by atoms with Gasteiger partial charge in [-0.15, -0.1) is 12.4 Å². The summed E-state index contributed by atoms with van der Waals surface area (Å²) in [5, 5.41) is 0. The Labute approximate surface area is 158 Å². The van der Waals surface area contributed by atoms with Crippen molar-refractivity contribution < 1.29 is 4.74 Å². The Morgan fingerprint density at radius 2 is 1.88 bits per heavy atom. The third-order valence-corrected chi connectivity index (χ3v) is 5.40. The molecule has 136 valence electrons. The molecule has 1 aliphatic heterocycles. The maximum atomic E-state index is 5.46. The van der Waals surface area contributed by atoms with Crippen LogP contribution in [-0.4, -0.2) is 31.6 Å². The minimum Gasteiger partial charge on any atom is -0.497 e. The molecule has 3 rings (SSSR count). The molecule has 0 spiro atoms. The molecule has 1 aliphatic rings. The van der Waals surface area contributed by atoms with Crippen molar-refractivity contribution in [2.24, 2.45) is 0 Å². The molecule has 0 bridgehead atoms. The van der Waals surface area contributed by atoms with Gasteiger partial charge in [-0.05, 0) is 49.1 Å². The molecule has 1 heterocycles. The highest BCUT2D eigenvalue weighted by Crippen LogP contribution is 2.39. The van der Waals surface area contributed by atoms with Gasteiger partial charge < -0.3 is 9.64 Å². The van der Waals surface area contributed by atoms with Crippen LogP contribution in [0.4, 0.5) is 0 Å². The van der Waals surface area contributed by atoms with E-state index in [9.17, 15) is 0 Å². The second-order valence-corrected chi connectivity index (χ2v) is 7.02. The van der Waals surface area contributed by atoms with Crippen LogP contribution in [0.15, 0.2) is 54.6 Å². The van der Waals surface area contributed by atoms with Crippen molar-refractivity contribution in [1.82, 2.24) is 4.90 Å². The van der Waals surface area contributed by atoms with E-state index in [0.717, 1.165) is 18.7 Å². The lowest BCUT2D eigenvalue weighted by molar-refractivity contribution is 0.304. The number of methoxy groups -OCH3 is 1. The van der Waals surface area contributed by atoms with Gasteiger partial charge in [0.1, 0.15) is 5.75 Å². The van der Waals surface area contributed by atoms with Gasteiger partial charge in [0.15, 0.2) is 0 Å². The number of halogens is 1. The summed E-state index contributed by atoms with van der Waals surface area (Å²) in [7, 11) is 1.76. The fourth-order valence-corrected chi connectivity index (χ4v) is 4.10. The zero-order chi connectivity index (χ0) is 16.8. The van der Waals surface area contributed by atoms with E-state index in [4.69, 9.17) is 4.74 Å². The first kappa shape index (κ1) is 19.8. The zero-order valence-corrected chi connectivity index (χ0v) is 16.2. The van der Waals surface area contributed by atoms with Gasteiger partial charge in [0.25, 0.3) is 0 Å². The van der Waals surface area contributed by atoms with Crippen LogP contribution in [0.2, 0.25) is 0 Å². The van der Waals surface area contributed by atoms with E-state index in [0.29, 0.717) is 5.41 Å². The van der Waals surface area contributed by atoms with Crippen LogP contribution >= 0.6 is 12.4 Å². The van der Waals surface area contributed by atoms with E-state index in [1.807, 2.05) is 6.07 Å². The molecule has 1 unspecified atom stereocenters. The number of rotatable bonds is 7. The van der Waals surface area contributed by atoms with Crippen molar-refractivity contribution in [3.05, 3.63) is 65.7 Å². The van der Waals surface area contributed by atoms with Crippen molar-refractivity contribution >= 4 is 12.4 Å². The second-order valence-electron chi connectivity index (χ2n) is 7.02. The number of hydrogen-bond acceptors (Lipinski definition) is 2. The lowest BCUT2D eigenvalue weighted by Gasteiger charge is -2.30. The third kappa shape index (κ3) is 4.77. The molecule has 0 saturated carbocycles. The molecule has 0 radical (unpaired) electrons. The Kier molecular flexibility index (Phi) is 7.34. The molecule has 0 amide bonds. The van der Waals surface area contributed by atoms with Gasteiger partial charge in [-0.3, -0.25) is 0 Å². The molecule has 0 N–H and O–H groups in total. The van der Waals surface area contributed by atoms with E-state index in [-0.39, 0.29) is 12.4 Å². The van der Waals surface area contributed by atoms with Gasteiger partial charge in [0.2, 0.25) is 0 Å². The number of likely N-dealkylation sites (tertiary alicyclic amines) is 1. The summed E-state index contributed by atoms with van der Waals surface area (Å²) >= 11 is 0. The van der Waals surface area contributed by atoms with Crippen LogP contribution in [0.1, 0.15) is 37.3 Å². The highest BCUT2D eigenvalue weighted by molar-refractivity contribution is 5.85. The standard InChI is InChI=1S/C22H29NO.ClH/c1-3-13-22(20-10-7-11-21(17-20)24-2)14-16-23(18-22)15-12-19-8-5-4-6-9-19;/h4-11,17H,3,12-16,18H2,1-2H3;1H.